The smallest absolute Gasteiger partial charge is 0.309 e. The Morgan fingerprint density at radius 2 is 2.04 bits per heavy atom. The second-order valence-electron chi connectivity index (χ2n) is 6.00. The SMILES string of the molecule is CCOC(=O)C1CCN(CCCOc2ccc(C)cc2Cl)CC1.Cl. The van der Waals surface area contributed by atoms with E-state index < -0.39 is 0 Å². The van der Waals surface area contributed by atoms with Crippen molar-refractivity contribution in [3.63, 3.8) is 0 Å². The van der Waals surface area contributed by atoms with E-state index in [2.05, 4.69) is 4.90 Å². The normalized spacial score (nSPS) is 15.6. The molecule has 0 amide bonds. The number of esters is 1. The fourth-order valence-corrected chi connectivity index (χ4v) is 3.14. The van der Waals surface area contributed by atoms with Crippen molar-refractivity contribution >= 4 is 30.0 Å². The molecule has 0 atom stereocenters. The Labute approximate surface area is 155 Å². The van der Waals surface area contributed by atoms with Crippen molar-refractivity contribution in [3.8, 4) is 5.75 Å². The molecule has 0 aliphatic carbocycles. The molecule has 6 heteroatoms. The average Bonchev–Trinajstić information content (AvgIpc) is 2.54. The fourth-order valence-electron chi connectivity index (χ4n) is 2.85. The monoisotopic (exact) mass is 375 g/mol. The summed E-state index contributed by atoms with van der Waals surface area (Å²) in [7, 11) is 0. The minimum absolute atomic E-state index is 0. The van der Waals surface area contributed by atoms with Crippen molar-refractivity contribution in [3.05, 3.63) is 28.8 Å². The summed E-state index contributed by atoms with van der Waals surface area (Å²) in [6.45, 7) is 7.88. The Hall–Kier alpha value is -0.970. The topological polar surface area (TPSA) is 38.8 Å². The molecule has 2 rings (SSSR count). The highest BCUT2D eigenvalue weighted by molar-refractivity contribution is 6.32. The van der Waals surface area contributed by atoms with Gasteiger partial charge in [0.2, 0.25) is 0 Å². The van der Waals surface area contributed by atoms with E-state index in [0.29, 0.717) is 18.2 Å². The minimum Gasteiger partial charge on any atom is -0.492 e. The number of benzene rings is 1. The first-order chi connectivity index (χ1) is 11.1. The number of aryl methyl sites for hydroxylation is 1. The summed E-state index contributed by atoms with van der Waals surface area (Å²) in [5, 5.41) is 0.667. The van der Waals surface area contributed by atoms with E-state index in [1.807, 2.05) is 32.0 Å². The molecule has 1 aromatic rings. The van der Waals surface area contributed by atoms with Crippen LogP contribution in [-0.4, -0.2) is 43.7 Å². The highest BCUT2D eigenvalue weighted by Crippen LogP contribution is 2.25. The number of carbonyl (C=O) groups is 1. The predicted molar refractivity (Wildman–Crippen MR) is 99.3 cm³/mol. The molecule has 0 radical (unpaired) electrons. The summed E-state index contributed by atoms with van der Waals surface area (Å²) < 4.78 is 10.8. The summed E-state index contributed by atoms with van der Waals surface area (Å²) in [4.78, 5) is 14.1. The van der Waals surface area contributed by atoms with E-state index in [9.17, 15) is 4.79 Å². The lowest BCUT2D eigenvalue weighted by molar-refractivity contribution is -0.149. The van der Waals surface area contributed by atoms with Crippen molar-refractivity contribution in [2.24, 2.45) is 5.92 Å². The van der Waals surface area contributed by atoms with Crippen molar-refractivity contribution in [2.45, 2.75) is 33.1 Å². The molecular formula is C18H27Cl2NO3. The van der Waals surface area contributed by atoms with E-state index in [-0.39, 0.29) is 24.3 Å². The Kier molecular flexibility index (Phi) is 9.49. The van der Waals surface area contributed by atoms with Gasteiger partial charge in [-0.1, -0.05) is 17.7 Å². The number of rotatable bonds is 7. The molecule has 1 heterocycles. The molecule has 24 heavy (non-hydrogen) atoms. The van der Waals surface area contributed by atoms with Gasteiger partial charge in [0.25, 0.3) is 0 Å². The van der Waals surface area contributed by atoms with Crippen LogP contribution in [0.3, 0.4) is 0 Å². The van der Waals surface area contributed by atoms with Gasteiger partial charge in [-0.3, -0.25) is 4.79 Å². The number of halogens is 2. The maximum absolute atomic E-state index is 11.7. The number of piperidine rings is 1. The van der Waals surface area contributed by atoms with Gasteiger partial charge in [0.15, 0.2) is 0 Å². The van der Waals surface area contributed by atoms with Crippen LogP contribution in [0.4, 0.5) is 0 Å². The van der Waals surface area contributed by atoms with Gasteiger partial charge in [-0.15, -0.1) is 12.4 Å². The molecule has 1 aromatic carbocycles. The molecule has 1 fully saturated rings. The van der Waals surface area contributed by atoms with Crippen LogP contribution >= 0.6 is 24.0 Å². The molecule has 4 nitrogen and oxygen atoms in total. The van der Waals surface area contributed by atoms with Gasteiger partial charge in [-0.05, 0) is 63.9 Å². The van der Waals surface area contributed by atoms with E-state index in [1.54, 1.807) is 0 Å². The molecular weight excluding hydrogens is 349 g/mol. The van der Waals surface area contributed by atoms with Gasteiger partial charge in [-0.2, -0.15) is 0 Å². The minimum atomic E-state index is -0.0375. The van der Waals surface area contributed by atoms with Crippen LogP contribution in [0.5, 0.6) is 5.75 Å². The molecule has 1 aliphatic rings. The zero-order valence-corrected chi connectivity index (χ0v) is 16.0. The predicted octanol–water partition coefficient (Wildman–Crippen LogP) is 4.11. The highest BCUT2D eigenvalue weighted by Gasteiger charge is 2.25. The largest absolute Gasteiger partial charge is 0.492 e. The average molecular weight is 376 g/mol. The third-order valence-electron chi connectivity index (χ3n) is 4.17. The van der Waals surface area contributed by atoms with E-state index in [4.69, 9.17) is 21.1 Å². The molecule has 0 aromatic heterocycles. The molecule has 136 valence electrons. The summed E-state index contributed by atoms with van der Waals surface area (Å²) in [6.07, 6.45) is 2.74. The first-order valence-corrected chi connectivity index (χ1v) is 8.76. The number of likely N-dealkylation sites (tertiary alicyclic amines) is 1. The van der Waals surface area contributed by atoms with E-state index >= 15 is 0 Å². The zero-order valence-electron chi connectivity index (χ0n) is 14.4. The van der Waals surface area contributed by atoms with Crippen LogP contribution < -0.4 is 4.74 Å². The summed E-state index contributed by atoms with van der Waals surface area (Å²) in [5.41, 5.74) is 1.13. The lowest BCUT2D eigenvalue weighted by Gasteiger charge is -2.30. The standard InChI is InChI=1S/C18H26ClNO3.ClH/c1-3-22-18(21)15-7-10-20(11-8-15)9-4-12-23-17-6-5-14(2)13-16(17)19;/h5-6,13,15H,3-4,7-12H2,1-2H3;1H. The third-order valence-corrected chi connectivity index (χ3v) is 4.47. The lowest BCUT2D eigenvalue weighted by atomic mass is 9.97. The maximum atomic E-state index is 11.7. The number of ether oxygens (including phenoxy) is 2. The first kappa shape index (κ1) is 21.1. The molecule has 0 spiro atoms. The number of carbonyl (C=O) groups excluding carboxylic acids is 1. The number of hydrogen-bond donors (Lipinski definition) is 0. The Morgan fingerprint density at radius 1 is 1.33 bits per heavy atom. The van der Waals surface area contributed by atoms with Gasteiger partial charge in [0.1, 0.15) is 5.75 Å². The summed E-state index contributed by atoms with van der Waals surface area (Å²) >= 11 is 6.15. The van der Waals surface area contributed by atoms with Crippen molar-refractivity contribution in [1.29, 1.82) is 0 Å². The molecule has 0 unspecified atom stereocenters. The number of hydrogen-bond acceptors (Lipinski definition) is 4. The first-order valence-electron chi connectivity index (χ1n) is 8.38. The van der Waals surface area contributed by atoms with E-state index in [1.165, 1.54) is 0 Å². The maximum Gasteiger partial charge on any atom is 0.309 e. The molecule has 0 N–H and O–H groups in total. The van der Waals surface area contributed by atoms with Crippen LogP contribution in [0.25, 0.3) is 0 Å². The summed E-state index contributed by atoms with van der Waals surface area (Å²) in [6, 6.07) is 5.83. The van der Waals surface area contributed by atoms with Crippen LogP contribution in [0.2, 0.25) is 5.02 Å². The van der Waals surface area contributed by atoms with Crippen LogP contribution in [-0.2, 0) is 9.53 Å². The van der Waals surface area contributed by atoms with Gasteiger partial charge >= 0.3 is 5.97 Å². The molecule has 0 saturated carbocycles. The lowest BCUT2D eigenvalue weighted by Crippen LogP contribution is -2.37. The Balaban J connectivity index is 0.00000288. The van der Waals surface area contributed by atoms with Gasteiger partial charge in [-0.25, -0.2) is 0 Å². The Bertz CT molecular complexity index is 517. The number of nitrogens with zero attached hydrogens (tertiary/aromatic N) is 1. The van der Waals surface area contributed by atoms with Crippen molar-refractivity contribution in [1.82, 2.24) is 4.90 Å². The summed E-state index contributed by atoms with van der Waals surface area (Å²) in [5.74, 6) is 0.789. The Morgan fingerprint density at radius 3 is 2.67 bits per heavy atom. The van der Waals surface area contributed by atoms with Gasteiger partial charge < -0.3 is 14.4 Å². The quantitative estimate of drug-likeness (QED) is 0.530. The van der Waals surface area contributed by atoms with Crippen molar-refractivity contribution in [2.75, 3.05) is 32.8 Å². The molecule has 0 bridgehead atoms. The second-order valence-corrected chi connectivity index (χ2v) is 6.41. The fraction of sp³-hybridized carbons (Fsp3) is 0.611. The van der Waals surface area contributed by atoms with Crippen LogP contribution in [0.15, 0.2) is 18.2 Å². The third kappa shape index (κ3) is 6.50. The molecule has 1 saturated heterocycles. The van der Waals surface area contributed by atoms with Gasteiger partial charge in [0, 0.05) is 6.54 Å². The van der Waals surface area contributed by atoms with Crippen LogP contribution in [0, 0.1) is 12.8 Å². The molecule has 1 aliphatic heterocycles. The van der Waals surface area contributed by atoms with Gasteiger partial charge in [0.05, 0.1) is 24.2 Å². The zero-order chi connectivity index (χ0) is 16.7. The van der Waals surface area contributed by atoms with E-state index in [0.717, 1.165) is 50.2 Å². The second kappa shape index (κ2) is 10.8. The van der Waals surface area contributed by atoms with Crippen LogP contribution in [0.1, 0.15) is 31.7 Å². The van der Waals surface area contributed by atoms with Crippen molar-refractivity contribution < 1.29 is 14.3 Å². The highest BCUT2D eigenvalue weighted by atomic mass is 35.5.